The summed E-state index contributed by atoms with van der Waals surface area (Å²) in [5.41, 5.74) is 3.65. The molecule has 0 aliphatic carbocycles. The van der Waals surface area contributed by atoms with E-state index >= 15 is 0 Å². The van der Waals surface area contributed by atoms with Crippen LogP contribution in [0, 0.1) is 11.3 Å². The quantitative estimate of drug-likeness (QED) is 0.213. The lowest BCUT2D eigenvalue weighted by atomic mass is 10.1. The number of nitrogens with zero attached hydrogens (tertiary/aromatic N) is 4. The Balaban J connectivity index is 1.59. The Kier molecular flexibility index (Phi) is 6.91. The molecule has 0 atom stereocenters. The van der Waals surface area contributed by atoms with Crippen molar-refractivity contribution in [3.05, 3.63) is 107 Å². The van der Waals surface area contributed by atoms with E-state index in [0.717, 1.165) is 35.4 Å². The summed E-state index contributed by atoms with van der Waals surface area (Å²) in [6.07, 6.45) is 5.65. The Labute approximate surface area is 214 Å². The van der Waals surface area contributed by atoms with Crippen molar-refractivity contribution in [2.24, 2.45) is 0 Å². The summed E-state index contributed by atoms with van der Waals surface area (Å²) in [5.74, 6) is 1.01. The van der Waals surface area contributed by atoms with Gasteiger partial charge in [0.15, 0.2) is 5.82 Å². The highest BCUT2D eigenvalue weighted by Crippen LogP contribution is 2.29. The van der Waals surface area contributed by atoms with E-state index in [-0.39, 0.29) is 17.0 Å². The molecule has 0 aliphatic rings. The third-order valence-corrected chi connectivity index (χ3v) is 5.95. The van der Waals surface area contributed by atoms with Crippen LogP contribution in [-0.4, -0.2) is 26.4 Å². The van der Waals surface area contributed by atoms with E-state index in [1.165, 1.54) is 0 Å². The van der Waals surface area contributed by atoms with Gasteiger partial charge in [0.2, 0.25) is 0 Å². The maximum atomic E-state index is 12.6. The second-order valence-corrected chi connectivity index (χ2v) is 8.54. The molecule has 37 heavy (non-hydrogen) atoms. The summed E-state index contributed by atoms with van der Waals surface area (Å²) in [6, 6.07) is 26.8. The lowest BCUT2D eigenvalue weighted by Gasteiger charge is -2.06. The van der Waals surface area contributed by atoms with Crippen LogP contribution in [0.15, 0.2) is 89.9 Å². The molecular formula is C30H25N5O2. The van der Waals surface area contributed by atoms with Gasteiger partial charge < -0.3 is 9.72 Å². The topological polar surface area (TPSA) is 96.6 Å². The first-order valence-electron chi connectivity index (χ1n) is 12.2. The van der Waals surface area contributed by atoms with Crippen molar-refractivity contribution >= 4 is 22.6 Å². The number of fused-ring (bicyclic) bond motifs is 1. The summed E-state index contributed by atoms with van der Waals surface area (Å²) in [7, 11) is 0. The van der Waals surface area contributed by atoms with Crippen LogP contribution in [0.4, 0.5) is 0 Å². The SMILES string of the molecule is CCCCOc1ccc(-c2nn(-c3ccccc3)cc2/C=C(\C#N)c2nc3ccccc3c(=O)[nH]2)cc1. The Morgan fingerprint density at radius 1 is 1.05 bits per heavy atom. The summed E-state index contributed by atoms with van der Waals surface area (Å²) in [4.78, 5) is 19.9. The van der Waals surface area contributed by atoms with E-state index in [0.29, 0.717) is 23.2 Å². The molecule has 0 aliphatic heterocycles. The number of benzene rings is 3. The average molecular weight is 488 g/mol. The number of para-hydroxylation sites is 2. The number of hydrogen-bond donors (Lipinski definition) is 1. The van der Waals surface area contributed by atoms with Crippen molar-refractivity contribution in [3.63, 3.8) is 0 Å². The van der Waals surface area contributed by atoms with Crippen LogP contribution in [-0.2, 0) is 0 Å². The van der Waals surface area contributed by atoms with Gasteiger partial charge in [0.05, 0.1) is 34.5 Å². The Morgan fingerprint density at radius 2 is 1.81 bits per heavy atom. The largest absolute Gasteiger partial charge is 0.494 e. The van der Waals surface area contributed by atoms with Gasteiger partial charge >= 0.3 is 0 Å². The summed E-state index contributed by atoms with van der Waals surface area (Å²) in [6.45, 7) is 2.80. The van der Waals surface area contributed by atoms with Gasteiger partial charge in [-0.25, -0.2) is 9.67 Å². The first kappa shape index (κ1) is 23.8. The van der Waals surface area contributed by atoms with Gasteiger partial charge in [-0.2, -0.15) is 10.4 Å². The minimum absolute atomic E-state index is 0.212. The molecule has 0 bridgehead atoms. The molecule has 0 saturated carbocycles. The van der Waals surface area contributed by atoms with Gasteiger partial charge in [-0.3, -0.25) is 4.79 Å². The molecule has 182 valence electrons. The van der Waals surface area contributed by atoms with Crippen molar-refractivity contribution in [1.29, 1.82) is 5.26 Å². The molecule has 7 nitrogen and oxygen atoms in total. The monoisotopic (exact) mass is 487 g/mol. The highest BCUT2D eigenvalue weighted by molar-refractivity contribution is 5.91. The molecule has 5 rings (SSSR count). The van der Waals surface area contributed by atoms with E-state index in [1.807, 2.05) is 66.9 Å². The van der Waals surface area contributed by atoms with Crippen molar-refractivity contribution < 1.29 is 4.74 Å². The molecule has 0 amide bonds. The van der Waals surface area contributed by atoms with Crippen molar-refractivity contribution in [1.82, 2.24) is 19.7 Å². The first-order chi connectivity index (χ1) is 18.2. The zero-order chi connectivity index (χ0) is 25.6. The van der Waals surface area contributed by atoms with Gasteiger partial charge in [0, 0.05) is 17.3 Å². The highest BCUT2D eigenvalue weighted by atomic mass is 16.5. The fourth-order valence-electron chi connectivity index (χ4n) is 4.00. The number of nitriles is 1. The minimum atomic E-state index is -0.291. The summed E-state index contributed by atoms with van der Waals surface area (Å²) >= 11 is 0. The van der Waals surface area contributed by atoms with E-state index in [4.69, 9.17) is 9.84 Å². The molecule has 2 aromatic heterocycles. The maximum absolute atomic E-state index is 12.6. The fraction of sp³-hybridized carbons (Fsp3) is 0.133. The predicted octanol–water partition coefficient (Wildman–Crippen LogP) is 6.02. The van der Waals surface area contributed by atoms with E-state index in [9.17, 15) is 10.1 Å². The third kappa shape index (κ3) is 5.19. The van der Waals surface area contributed by atoms with Gasteiger partial charge in [-0.15, -0.1) is 0 Å². The standard InChI is InChI=1S/C30H25N5O2/c1-2-3-17-37-25-15-13-21(14-16-25)28-23(20-35(34-28)24-9-5-4-6-10-24)18-22(19-31)29-32-27-12-8-7-11-26(27)30(36)33-29/h4-16,18,20H,2-3,17H2,1H3,(H,32,33,36)/b22-18+. The van der Waals surface area contributed by atoms with Crippen LogP contribution in [0.25, 0.3) is 39.5 Å². The maximum Gasteiger partial charge on any atom is 0.259 e. The van der Waals surface area contributed by atoms with Gasteiger partial charge in [-0.1, -0.05) is 43.7 Å². The molecule has 3 aromatic carbocycles. The molecular weight excluding hydrogens is 462 g/mol. The predicted molar refractivity (Wildman–Crippen MR) is 145 cm³/mol. The summed E-state index contributed by atoms with van der Waals surface area (Å²) in [5, 5.41) is 15.3. The number of aromatic nitrogens is 4. The van der Waals surface area contributed by atoms with Crippen molar-refractivity contribution in [2.45, 2.75) is 19.8 Å². The fourth-order valence-corrected chi connectivity index (χ4v) is 4.00. The van der Waals surface area contributed by atoms with Crippen LogP contribution in [0.5, 0.6) is 5.75 Å². The average Bonchev–Trinajstić information content (AvgIpc) is 3.36. The number of ether oxygens (including phenoxy) is 1. The van der Waals surface area contributed by atoms with Crippen LogP contribution in [0.3, 0.4) is 0 Å². The number of allylic oxidation sites excluding steroid dienone is 1. The van der Waals surface area contributed by atoms with Crippen LogP contribution in [0.1, 0.15) is 31.2 Å². The number of unbranched alkanes of at least 4 members (excludes halogenated alkanes) is 1. The molecule has 0 radical (unpaired) electrons. The van der Waals surface area contributed by atoms with E-state index in [2.05, 4.69) is 23.0 Å². The van der Waals surface area contributed by atoms with Crippen LogP contribution >= 0.6 is 0 Å². The molecule has 0 spiro atoms. The molecule has 0 unspecified atom stereocenters. The molecule has 7 heteroatoms. The lowest BCUT2D eigenvalue weighted by molar-refractivity contribution is 0.309. The van der Waals surface area contributed by atoms with Crippen LogP contribution < -0.4 is 10.3 Å². The third-order valence-electron chi connectivity index (χ3n) is 5.95. The number of nitrogens with one attached hydrogen (secondary N) is 1. The molecule has 0 fully saturated rings. The Morgan fingerprint density at radius 3 is 2.57 bits per heavy atom. The number of H-pyrrole nitrogens is 1. The minimum Gasteiger partial charge on any atom is -0.494 e. The zero-order valence-electron chi connectivity index (χ0n) is 20.4. The van der Waals surface area contributed by atoms with E-state index < -0.39 is 0 Å². The number of aromatic amines is 1. The summed E-state index contributed by atoms with van der Waals surface area (Å²) < 4.78 is 7.58. The van der Waals surface area contributed by atoms with Gasteiger partial charge in [0.25, 0.3) is 5.56 Å². The van der Waals surface area contributed by atoms with Crippen molar-refractivity contribution in [2.75, 3.05) is 6.61 Å². The first-order valence-corrected chi connectivity index (χ1v) is 12.2. The number of rotatable bonds is 8. The van der Waals surface area contributed by atoms with Crippen molar-refractivity contribution in [3.8, 4) is 28.8 Å². The zero-order valence-corrected chi connectivity index (χ0v) is 20.4. The molecule has 0 saturated heterocycles. The highest BCUT2D eigenvalue weighted by Gasteiger charge is 2.15. The molecule has 2 heterocycles. The second-order valence-electron chi connectivity index (χ2n) is 8.54. The molecule has 1 N–H and O–H groups in total. The lowest BCUT2D eigenvalue weighted by Crippen LogP contribution is -2.11. The Bertz CT molecular complexity index is 1660. The van der Waals surface area contributed by atoms with Gasteiger partial charge in [-0.05, 0) is 61.0 Å². The normalized spacial score (nSPS) is 11.4. The smallest absolute Gasteiger partial charge is 0.259 e. The van der Waals surface area contributed by atoms with Gasteiger partial charge in [0.1, 0.15) is 11.8 Å². The van der Waals surface area contributed by atoms with Crippen LogP contribution in [0.2, 0.25) is 0 Å². The van der Waals surface area contributed by atoms with E-state index in [1.54, 1.807) is 29.0 Å². The number of hydrogen-bond acceptors (Lipinski definition) is 5. The Hall–Kier alpha value is -4.96. The molecule has 5 aromatic rings. The second kappa shape index (κ2) is 10.8.